The lowest BCUT2D eigenvalue weighted by molar-refractivity contribution is -0.131. The van der Waals surface area contributed by atoms with Gasteiger partial charge in [0.25, 0.3) is 0 Å². The number of ether oxygens (including phenoxy) is 2. The van der Waals surface area contributed by atoms with E-state index in [2.05, 4.69) is 5.32 Å². The standard InChI is InChI=1S/C16H24N2O3/c1-18(16(19)9-12-6-7-17-10-12)11-13-4-5-14(20-2)15(8-13)21-3/h4-5,8,12,17H,6-7,9-11H2,1-3H3. The number of amides is 1. The number of hydrogen-bond donors (Lipinski definition) is 1. The summed E-state index contributed by atoms with van der Waals surface area (Å²) in [6.45, 7) is 2.56. The predicted octanol–water partition coefficient (Wildman–Crippen LogP) is 1.66. The molecule has 1 heterocycles. The average Bonchev–Trinajstić information content (AvgIpc) is 2.99. The molecule has 21 heavy (non-hydrogen) atoms. The summed E-state index contributed by atoms with van der Waals surface area (Å²) in [6, 6.07) is 5.75. The van der Waals surface area contributed by atoms with E-state index >= 15 is 0 Å². The maximum Gasteiger partial charge on any atom is 0.222 e. The summed E-state index contributed by atoms with van der Waals surface area (Å²) in [4.78, 5) is 14.0. The molecule has 1 N–H and O–H groups in total. The van der Waals surface area contributed by atoms with Crippen molar-refractivity contribution in [2.24, 2.45) is 5.92 Å². The van der Waals surface area contributed by atoms with E-state index in [0.29, 0.717) is 30.4 Å². The molecular weight excluding hydrogens is 268 g/mol. The normalized spacial score (nSPS) is 17.6. The molecule has 1 unspecified atom stereocenters. The van der Waals surface area contributed by atoms with Gasteiger partial charge in [0.05, 0.1) is 14.2 Å². The van der Waals surface area contributed by atoms with E-state index in [1.807, 2.05) is 25.2 Å². The molecule has 0 bridgehead atoms. The highest BCUT2D eigenvalue weighted by molar-refractivity contribution is 5.76. The van der Waals surface area contributed by atoms with Crippen molar-refractivity contribution in [2.75, 3.05) is 34.4 Å². The second-order valence-corrected chi connectivity index (χ2v) is 5.50. The number of carbonyl (C=O) groups is 1. The smallest absolute Gasteiger partial charge is 0.222 e. The van der Waals surface area contributed by atoms with E-state index in [1.54, 1.807) is 19.1 Å². The topological polar surface area (TPSA) is 50.8 Å². The summed E-state index contributed by atoms with van der Waals surface area (Å²) in [6.07, 6.45) is 1.72. The maximum atomic E-state index is 12.2. The molecule has 116 valence electrons. The highest BCUT2D eigenvalue weighted by atomic mass is 16.5. The van der Waals surface area contributed by atoms with E-state index in [-0.39, 0.29) is 5.91 Å². The summed E-state index contributed by atoms with van der Waals surface area (Å²) in [7, 11) is 5.08. The third-order valence-electron chi connectivity index (χ3n) is 3.92. The van der Waals surface area contributed by atoms with Crippen molar-refractivity contribution in [1.29, 1.82) is 0 Å². The van der Waals surface area contributed by atoms with Crippen molar-refractivity contribution in [3.8, 4) is 11.5 Å². The zero-order valence-electron chi connectivity index (χ0n) is 13.0. The Kier molecular flexibility index (Phi) is 5.44. The lowest BCUT2D eigenvalue weighted by atomic mass is 10.0. The Balaban J connectivity index is 1.94. The van der Waals surface area contributed by atoms with E-state index in [4.69, 9.17) is 9.47 Å². The van der Waals surface area contributed by atoms with Crippen LogP contribution in [0, 0.1) is 5.92 Å². The Morgan fingerprint density at radius 1 is 1.33 bits per heavy atom. The fourth-order valence-electron chi connectivity index (χ4n) is 2.63. The van der Waals surface area contributed by atoms with Gasteiger partial charge in [-0.25, -0.2) is 0 Å². The largest absolute Gasteiger partial charge is 0.493 e. The van der Waals surface area contributed by atoms with Gasteiger partial charge in [-0.2, -0.15) is 0 Å². The number of nitrogens with one attached hydrogen (secondary N) is 1. The summed E-state index contributed by atoms with van der Waals surface area (Å²) >= 11 is 0. The van der Waals surface area contributed by atoms with Gasteiger partial charge in [0.15, 0.2) is 11.5 Å². The number of carbonyl (C=O) groups excluding carboxylic acids is 1. The van der Waals surface area contributed by atoms with Gasteiger partial charge in [0.1, 0.15) is 0 Å². The van der Waals surface area contributed by atoms with Crippen LogP contribution in [-0.4, -0.2) is 45.2 Å². The maximum absolute atomic E-state index is 12.2. The molecule has 1 aromatic rings. The molecule has 5 nitrogen and oxygen atoms in total. The highest BCUT2D eigenvalue weighted by Gasteiger charge is 2.20. The Bertz CT molecular complexity index is 484. The lowest BCUT2D eigenvalue weighted by Crippen LogP contribution is -2.28. The zero-order valence-corrected chi connectivity index (χ0v) is 13.0. The van der Waals surface area contributed by atoms with Gasteiger partial charge in [-0.15, -0.1) is 0 Å². The van der Waals surface area contributed by atoms with Gasteiger partial charge in [0, 0.05) is 20.0 Å². The van der Waals surface area contributed by atoms with Crippen LogP contribution in [0.15, 0.2) is 18.2 Å². The Morgan fingerprint density at radius 3 is 2.71 bits per heavy atom. The van der Waals surface area contributed by atoms with Gasteiger partial charge >= 0.3 is 0 Å². The third kappa shape index (κ3) is 4.11. The summed E-state index contributed by atoms with van der Waals surface area (Å²) in [5.74, 6) is 2.06. The van der Waals surface area contributed by atoms with Crippen LogP contribution < -0.4 is 14.8 Å². The fraction of sp³-hybridized carbons (Fsp3) is 0.562. The van der Waals surface area contributed by atoms with Gasteiger partial charge in [0.2, 0.25) is 5.91 Å². The molecule has 0 saturated carbocycles. The summed E-state index contributed by atoms with van der Waals surface area (Å²) in [5, 5.41) is 3.29. The minimum Gasteiger partial charge on any atom is -0.493 e. The van der Waals surface area contributed by atoms with Crippen molar-refractivity contribution in [3.05, 3.63) is 23.8 Å². The van der Waals surface area contributed by atoms with E-state index in [0.717, 1.165) is 25.1 Å². The molecule has 1 saturated heterocycles. The second kappa shape index (κ2) is 7.31. The number of rotatable bonds is 6. The Labute approximate surface area is 126 Å². The van der Waals surface area contributed by atoms with Crippen LogP contribution in [0.4, 0.5) is 0 Å². The quantitative estimate of drug-likeness (QED) is 0.866. The fourth-order valence-corrected chi connectivity index (χ4v) is 2.63. The molecule has 1 fully saturated rings. The molecule has 5 heteroatoms. The molecular formula is C16H24N2O3. The first-order chi connectivity index (χ1) is 10.1. The van der Waals surface area contributed by atoms with Crippen LogP contribution >= 0.6 is 0 Å². The van der Waals surface area contributed by atoms with Crippen LogP contribution in [-0.2, 0) is 11.3 Å². The first kappa shape index (κ1) is 15.6. The first-order valence-corrected chi connectivity index (χ1v) is 7.29. The van der Waals surface area contributed by atoms with Crippen LogP contribution in [0.3, 0.4) is 0 Å². The predicted molar refractivity (Wildman–Crippen MR) is 81.6 cm³/mol. The van der Waals surface area contributed by atoms with Crippen LogP contribution in [0.1, 0.15) is 18.4 Å². The monoisotopic (exact) mass is 292 g/mol. The molecule has 0 radical (unpaired) electrons. The highest BCUT2D eigenvalue weighted by Crippen LogP contribution is 2.28. The molecule has 1 aromatic carbocycles. The van der Waals surface area contributed by atoms with Crippen molar-refractivity contribution < 1.29 is 14.3 Å². The van der Waals surface area contributed by atoms with Gasteiger partial charge in [-0.05, 0) is 43.1 Å². The molecule has 1 atom stereocenters. The second-order valence-electron chi connectivity index (χ2n) is 5.50. The van der Waals surface area contributed by atoms with Crippen LogP contribution in [0.25, 0.3) is 0 Å². The number of hydrogen-bond acceptors (Lipinski definition) is 4. The van der Waals surface area contributed by atoms with Crippen molar-refractivity contribution in [3.63, 3.8) is 0 Å². The third-order valence-corrected chi connectivity index (χ3v) is 3.92. The molecule has 1 amide bonds. The SMILES string of the molecule is COc1ccc(CN(C)C(=O)CC2CCNC2)cc1OC. The lowest BCUT2D eigenvalue weighted by Gasteiger charge is -2.20. The van der Waals surface area contributed by atoms with Gasteiger partial charge in [-0.1, -0.05) is 6.07 Å². The van der Waals surface area contributed by atoms with Crippen LogP contribution in [0.2, 0.25) is 0 Å². The molecule has 0 aromatic heterocycles. The number of benzene rings is 1. The molecule has 0 aliphatic carbocycles. The number of nitrogens with zero attached hydrogens (tertiary/aromatic N) is 1. The first-order valence-electron chi connectivity index (χ1n) is 7.29. The molecule has 0 spiro atoms. The van der Waals surface area contributed by atoms with E-state index in [9.17, 15) is 4.79 Å². The molecule has 1 aliphatic heterocycles. The molecule has 1 aliphatic rings. The van der Waals surface area contributed by atoms with Crippen molar-refractivity contribution in [2.45, 2.75) is 19.4 Å². The number of methoxy groups -OCH3 is 2. The summed E-state index contributed by atoms with van der Waals surface area (Å²) < 4.78 is 10.5. The van der Waals surface area contributed by atoms with Crippen LogP contribution in [0.5, 0.6) is 11.5 Å². The Morgan fingerprint density at radius 2 is 2.10 bits per heavy atom. The zero-order chi connectivity index (χ0) is 15.2. The summed E-state index contributed by atoms with van der Waals surface area (Å²) in [5.41, 5.74) is 1.04. The van der Waals surface area contributed by atoms with E-state index in [1.165, 1.54) is 0 Å². The van der Waals surface area contributed by atoms with Gasteiger partial charge in [-0.3, -0.25) is 4.79 Å². The van der Waals surface area contributed by atoms with Crippen molar-refractivity contribution >= 4 is 5.91 Å². The minimum atomic E-state index is 0.193. The Hall–Kier alpha value is -1.75. The van der Waals surface area contributed by atoms with Crippen molar-refractivity contribution in [1.82, 2.24) is 10.2 Å². The molecule has 2 rings (SSSR count). The average molecular weight is 292 g/mol. The van der Waals surface area contributed by atoms with Gasteiger partial charge < -0.3 is 19.7 Å². The minimum absolute atomic E-state index is 0.193. The van der Waals surface area contributed by atoms with E-state index < -0.39 is 0 Å².